The first-order valence-corrected chi connectivity index (χ1v) is 8.80. The molecule has 0 nitrogen and oxygen atoms in total. The van der Waals surface area contributed by atoms with Crippen molar-refractivity contribution in [2.24, 2.45) is 5.92 Å². The summed E-state index contributed by atoms with van der Waals surface area (Å²) in [6, 6.07) is 4.68. The first kappa shape index (κ1) is 14.6. The van der Waals surface area contributed by atoms with Crippen LogP contribution >= 0.6 is 9.24 Å². The summed E-state index contributed by atoms with van der Waals surface area (Å²) < 4.78 is 1.53. The summed E-state index contributed by atoms with van der Waals surface area (Å²) in [6.07, 6.45) is 0. The molecular formula is C16H22PSn. The van der Waals surface area contributed by atoms with Gasteiger partial charge in [-0.3, -0.25) is 0 Å². The third-order valence-corrected chi connectivity index (χ3v) is 6.03. The van der Waals surface area contributed by atoms with Crippen LogP contribution in [0.2, 0.25) is 0 Å². The van der Waals surface area contributed by atoms with Crippen molar-refractivity contribution < 1.29 is 0 Å². The molecular weight excluding hydrogens is 342 g/mol. The summed E-state index contributed by atoms with van der Waals surface area (Å²) in [7, 11) is 3.03. The van der Waals surface area contributed by atoms with Crippen molar-refractivity contribution in [1.82, 2.24) is 0 Å². The molecule has 1 aromatic rings. The number of allylic oxidation sites excluding steroid dienone is 2. The van der Waals surface area contributed by atoms with Crippen LogP contribution in [0.4, 0.5) is 0 Å². The van der Waals surface area contributed by atoms with Crippen molar-refractivity contribution in [3.63, 3.8) is 0 Å². The van der Waals surface area contributed by atoms with Gasteiger partial charge >= 0.3 is 127 Å². The predicted octanol–water partition coefficient (Wildman–Crippen LogP) is 3.96. The average Bonchev–Trinajstić information content (AvgIpc) is 2.51. The first-order chi connectivity index (χ1) is 8.36. The topological polar surface area (TPSA) is 0 Å². The molecule has 0 aliphatic heterocycles. The third kappa shape index (κ3) is 2.20. The van der Waals surface area contributed by atoms with Gasteiger partial charge < -0.3 is 0 Å². The van der Waals surface area contributed by atoms with Crippen LogP contribution in [-0.2, 0) is 0 Å². The fourth-order valence-electron chi connectivity index (χ4n) is 3.14. The molecule has 95 valence electrons. The van der Waals surface area contributed by atoms with Gasteiger partial charge in [0, 0.05) is 0 Å². The van der Waals surface area contributed by atoms with E-state index in [0.717, 1.165) is 0 Å². The van der Waals surface area contributed by atoms with E-state index in [1.807, 2.05) is 0 Å². The van der Waals surface area contributed by atoms with Gasteiger partial charge in [-0.1, -0.05) is 0 Å². The summed E-state index contributed by atoms with van der Waals surface area (Å²) in [6.45, 7) is 11.6. The zero-order chi connectivity index (χ0) is 13.6. The minimum atomic E-state index is 0.520. The second-order valence-electron chi connectivity index (χ2n) is 5.87. The average molecular weight is 364 g/mol. The number of hydrogen-bond acceptors (Lipinski definition) is 0. The van der Waals surface area contributed by atoms with Crippen molar-refractivity contribution in [2.45, 2.75) is 46.2 Å². The van der Waals surface area contributed by atoms with Gasteiger partial charge in [0.05, 0.1) is 0 Å². The molecule has 3 radical (unpaired) electrons. The molecule has 1 aliphatic carbocycles. The molecule has 18 heavy (non-hydrogen) atoms. The van der Waals surface area contributed by atoms with Crippen molar-refractivity contribution >= 4 is 40.9 Å². The number of hydrogen-bond donors (Lipinski definition) is 0. The zero-order valence-electron chi connectivity index (χ0n) is 12.0. The normalized spacial score (nSPS) is 19.1. The van der Waals surface area contributed by atoms with Gasteiger partial charge in [-0.2, -0.15) is 0 Å². The van der Waals surface area contributed by atoms with Crippen LogP contribution in [0.5, 0.6) is 0 Å². The van der Waals surface area contributed by atoms with Gasteiger partial charge in [0.15, 0.2) is 0 Å². The van der Waals surface area contributed by atoms with Crippen LogP contribution in [-0.4, -0.2) is 22.5 Å². The summed E-state index contributed by atoms with van der Waals surface area (Å²) in [4.78, 5) is 0. The Balaban J connectivity index is 2.77. The Bertz CT molecular complexity index is 512. The number of benzene rings is 1. The molecule has 2 atom stereocenters. The maximum atomic E-state index is 3.03. The standard InChI is InChI=1S/C16H22P.Sn/c1-9(2)12-7-6-8-13-15(12)14(10(3)4)11(5)16(13)17;/h6,8-10,16H,17H2,1-5H3;. The van der Waals surface area contributed by atoms with Crippen LogP contribution in [0.15, 0.2) is 17.7 Å². The van der Waals surface area contributed by atoms with Gasteiger partial charge in [0.25, 0.3) is 0 Å². The SMILES string of the molecule is CC1=C(C(C)C)c2c(cc[c]([Sn])c2C(C)C)C1P. The molecule has 0 fully saturated rings. The molecule has 0 saturated carbocycles. The van der Waals surface area contributed by atoms with Crippen LogP contribution < -0.4 is 3.58 Å². The molecule has 0 N–H and O–H groups in total. The summed E-state index contributed by atoms with van der Waals surface area (Å²) in [5, 5.41) is 0. The summed E-state index contributed by atoms with van der Waals surface area (Å²) in [5.41, 5.74) is 8.36. The van der Waals surface area contributed by atoms with E-state index >= 15 is 0 Å². The van der Waals surface area contributed by atoms with Crippen molar-refractivity contribution in [1.29, 1.82) is 0 Å². The molecule has 0 bridgehead atoms. The van der Waals surface area contributed by atoms with Crippen LogP contribution in [0.3, 0.4) is 0 Å². The summed E-state index contributed by atoms with van der Waals surface area (Å²) >= 11 is 1.53. The summed E-state index contributed by atoms with van der Waals surface area (Å²) in [5.74, 6) is 1.23. The van der Waals surface area contributed by atoms with Gasteiger partial charge in [0.1, 0.15) is 0 Å². The van der Waals surface area contributed by atoms with E-state index < -0.39 is 0 Å². The van der Waals surface area contributed by atoms with E-state index in [4.69, 9.17) is 0 Å². The third-order valence-electron chi connectivity index (χ3n) is 3.93. The molecule has 0 spiro atoms. The second kappa shape index (κ2) is 5.29. The maximum absolute atomic E-state index is 3.03. The fourth-order valence-corrected chi connectivity index (χ4v) is 5.01. The Morgan fingerprint density at radius 2 is 1.72 bits per heavy atom. The molecule has 1 aliphatic rings. The Morgan fingerprint density at radius 1 is 1.11 bits per heavy atom. The van der Waals surface area contributed by atoms with E-state index in [2.05, 4.69) is 56.0 Å². The van der Waals surface area contributed by atoms with Crippen LogP contribution in [0.1, 0.15) is 62.9 Å². The molecule has 0 saturated heterocycles. The Hall–Kier alpha value is 0.189. The zero-order valence-corrected chi connectivity index (χ0v) is 16.0. The molecule has 1 aromatic carbocycles. The Morgan fingerprint density at radius 3 is 2.22 bits per heavy atom. The van der Waals surface area contributed by atoms with Gasteiger partial charge in [-0.05, 0) is 0 Å². The van der Waals surface area contributed by atoms with E-state index in [1.165, 1.54) is 31.7 Å². The first-order valence-electron chi connectivity index (χ1n) is 6.71. The molecule has 0 heterocycles. The second-order valence-corrected chi connectivity index (χ2v) is 8.08. The van der Waals surface area contributed by atoms with E-state index in [-0.39, 0.29) is 0 Å². The Kier molecular flexibility index (Phi) is 4.29. The monoisotopic (exact) mass is 365 g/mol. The molecule has 2 rings (SSSR count). The predicted molar refractivity (Wildman–Crippen MR) is 85.8 cm³/mol. The van der Waals surface area contributed by atoms with E-state index in [1.54, 1.807) is 22.3 Å². The fraction of sp³-hybridized carbons (Fsp3) is 0.500. The molecule has 0 amide bonds. The van der Waals surface area contributed by atoms with Crippen LogP contribution in [0.25, 0.3) is 5.57 Å². The Labute approximate surface area is 127 Å². The van der Waals surface area contributed by atoms with Crippen molar-refractivity contribution in [3.05, 3.63) is 34.4 Å². The van der Waals surface area contributed by atoms with Gasteiger partial charge in [0.2, 0.25) is 0 Å². The molecule has 2 unspecified atom stereocenters. The van der Waals surface area contributed by atoms with Crippen molar-refractivity contribution in [3.8, 4) is 0 Å². The minimum absolute atomic E-state index is 0.520. The quantitative estimate of drug-likeness (QED) is 0.551. The number of fused-ring (bicyclic) bond motifs is 1. The van der Waals surface area contributed by atoms with E-state index in [9.17, 15) is 0 Å². The van der Waals surface area contributed by atoms with E-state index in [0.29, 0.717) is 17.5 Å². The van der Waals surface area contributed by atoms with Crippen molar-refractivity contribution in [2.75, 3.05) is 0 Å². The molecule has 2 heteroatoms. The van der Waals surface area contributed by atoms with Crippen LogP contribution in [0, 0.1) is 5.92 Å². The van der Waals surface area contributed by atoms with Gasteiger partial charge in [-0.25, -0.2) is 0 Å². The number of rotatable bonds is 2. The van der Waals surface area contributed by atoms with Gasteiger partial charge in [-0.15, -0.1) is 0 Å². The molecule has 0 aromatic heterocycles.